The van der Waals surface area contributed by atoms with E-state index in [0.717, 1.165) is 0 Å². The van der Waals surface area contributed by atoms with Crippen LogP contribution in [0.2, 0.25) is 0 Å². The zero-order chi connectivity index (χ0) is 9.19. The lowest BCUT2D eigenvalue weighted by molar-refractivity contribution is -0.275. The molecule has 0 fully saturated rings. The van der Waals surface area contributed by atoms with E-state index in [9.17, 15) is 13.2 Å². The summed E-state index contributed by atoms with van der Waals surface area (Å²) in [7, 11) is 0. The fourth-order valence-electron chi connectivity index (χ4n) is 0.628. The van der Waals surface area contributed by atoms with Gasteiger partial charge in [0.1, 0.15) is 6.20 Å². The molecular weight excluding hydrogens is 171 g/mol. The van der Waals surface area contributed by atoms with Crippen molar-refractivity contribution in [3.63, 3.8) is 0 Å². The van der Waals surface area contributed by atoms with E-state index in [1.54, 1.807) is 0 Å². The lowest BCUT2D eigenvalue weighted by atomic mass is 10.3. The van der Waals surface area contributed by atoms with Crippen LogP contribution in [0.25, 0.3) is 0 Å². The SMILES string of the molecule is Cc1ccn[c]c1OC(F)(F)F. The monoisotopic (exact) mass is 176 g/mol. The molecule has 0 spiro atoms. The molecule has 0 bridgehead atoms. The third-order valence-electron chi connectivity index (χ3n) is 1.14. The van der Waals surface area contributed by atoms with Crippen molar-refractivity contribution in [2.24, 2.45) is 0 Å². The number of nitrogens with zero attached hydrogens (tertiary/aromatic N) is 1. The summed E-state index contributed by atoms with van der Waals surface area (Å²) >= 11 is 0. The predicted molar refractivity (Wildman–Crippen MR) is 34.5 cm³/mol. The van der Waals surface area contributed by atoms with Crippen LogP contribution in [-0.4, -0.2) is 11.3 Å². The number of pyridine rings is 1. The summed E-state index contributed by atoms with van der Waals surface area (Å²) in [4.78, 5) is 3.38. The molecule has 1 rings (SSSR count). The van der Waals surface area contributed by atoms with Crippen LogP contribution in [-0.2, 0) is 0 Å². The molecular formula is C7H5F3NO. The average Bonchev–Trinajstić information content (AvgIpc) is 1.91. The molecule has 0 unspecified atom stereocenters. The van der Waals surface area contributed by atoms with Gasteiger partial charge >= 0.3 is 6.36 Å². The first-order valence-electron chi connectivity index (χ1n) is 3.08. The maximum atomic E-state index is 11.7. The Morgan fingerprint density at radius 2 is 2.17 bits per heavy atom. The van der Waals surface area contributed by atoms with E-state index >= 15 is 0 Å². The highest BCUT2D eigenvalue weighted by Crippen LogP contribution is 2.23. The van der Waals surface area contributed by atoms with Gasteiger partial charge in [-0.1, -0.05) is 0 Å². The quantitative estimate of drug-likeness (QED) is 0.653. The van der Waals surface area contributed by atoms with Crippen molar-refractivity contribution in [2.75, 3.05) is 0 Å². The highest BCUT2D eigenvalue weighted by Gasteiger charge is 2.31. The van der Waals surface area contributed by atoms with Crippen LogP contribution in [0.5, 0.6) is 5.75 Å². The van der Waals surface area contributed by atoms with Gasteiger partial charge in [-0.3, -0.25) is 4.98 Å². The fraction of sp³-hybridized carbons (Fsp3) is 0.286. The second-order valence-electron chi connectivity index (χ2n) is 2.12. The average molecular weight is 176 g/mol. The van der Waals surface area contributed by atoms with Gasteiger partial charge in [-0.15, -0.1) is 13.2 Å². The maximum absolute atomic E-state index is 11.7. The Balaban J connectivity index is 2.83. The maximum Gasteiger partial charge on any atom is 0.573 e. The molecule has 1 aromatic rings. The summed E-state index contributed by atoms with van der Waals surface area (Å²) in [6, 6.07) is 1.41. The van der Waals surface area contributed by atoms with E-state index in [1.165, 1.54) is 19.2 Å². The fourth-order valence-corrected chi connectivity index (χ4v) is 0.628. The first-order valence-corrected chi connectivity index (χ1v) is 3.08. The van der Waals surface area contributed by atoms with Crippen molar-refractivity contribution in [2.45, 2.75) is 13.3 Å². The van der Waals surface area contributed by atoms with Crippen molar-refractivity contribution in [1.29, 1.82) is 0 Å². The Hall–Kier alpha value is -1.26. The number of hydrogen-bond donors (Lipinski definition) is 0. The van der Waals surface area contributed by atoms with E-state index < -0.39 is 6.36 Å². The minimum Gasteiger partial charge on any atom is -0.403 e. The lowest BCUT2D eigenvalue weighted by Crippen LogP contribution is -2.17. The van der Waals surface area contributed by atoms with Gasteiger partial charge in [0.25, 0.3) is 0 Å². The summed E-state index contributed by atoms with van der Waals surface area (Å²) < 4.78 is 38.6. The normalized spacial score (nSPS) is 11.3. The molecule has 1 aromatic heterocycles. The van der Waals surface area contributed by atoms with Crippen molar-refractivity contribution < 1.29 is 17.9 Å². The molecule has 65 valence electrons. The summed E-state index contributed by atoms with van der Waals surface area (Å²) in [6.07, 6.45) is -1.23. The van der Waals surface area contributed by atoms with Gasteiger partial charge in [-0.2, -0.15) is 0 Å². The second-order valence-corrected chi connectivity index (χ2v) is 2.12. The number of hydrogen-bond acceptors (Lipinski definition) is 2. The van der Waals surface area contributed by atoms with Gasteiger partial charge in [-0.25, -0.2) is 0 Å². The molecule has 0 saturated heterocycles. The number of aryl methyl sites for hydroxylation is 1. The highest BCUT2D eigenvalue weighted by molar-refractivity contribution is 5.26. The van der Waals surface area contributed by atoms with Crippen molar-refractivity contribution in [3.05, 3.63) is 24.0 Å². The van der Waals surface area contributed by atoms with Crippen molar-refractivity contribution >= 4 is 0 Å². The third-order valence-corrected chi connectivity index (χ3v) is 1.14. The van der Waals surface area contributed by atoms with Crippen molar-refractivity contribution in [1.82, 2.24) is 4.98 Å². The Morgan fingerprint density at radius 3 is 2.67 bits per heavy atom. The lowest BCUT2D eigenvalue weighted by Gasteiger charge is -2.09. The zero-order valence-electron chi connectivity index (χ0n) is 6.14. The predicted octanol–water partition coefficient (Wildman–Crippen LogP) is 2.09. The van der Waals surface area contributed by atoms with E-state index in [0.29, 0.717) is 5.56 Å². The molecule has 0 saturated carbocycles. The topological polar surface area (TPSA) is 22.1 Å². The van der Waals surface area contributed by atoms with Crippen LogP contribution in [0.3, 0.4) is 0 Å². The number of rotatable bonds is 1. The summed E-state index contributed by atoms with van der Waals surface area (Å²) in [5.41, 5.74) is 0.349. The van der Waals surface area contributed by atoms with E-state index in [2.05, 4.69) is 15.9 Å². The first-order chi connectivity index (χ1) is 5.49. The van der Waals surface area contributed by atoms with E-state index in [1.807, 2.05) is 0 Å². The van der Waals surface area contributed by atoms with Gasteiger partial charge in [0, 0.05) is 6.20 Å². The molecule has 1 heterocycles. The summed E-state index contributed by atoms with van der Waals surface area (Å²) in [6.45, 7) is 1.49. The third kappa shape index (κ3) is 2.41. The smallest absolute Gasteiger partial charge is 0.403 e. The number of halogens is 3. The highest BCUT2D eigenvalue weighted by atomic mass is 19.4. The molecule has 0 N–H and O–H groups in total. The molecule has 0 aliphatic rings. The van der Waals surface area contributed by atoms with Gasteiger partial charge < -0.3 is 4.74 Å². The zero-order valence-corrected chi connectivity index (χ0v) is 6.14. The molecule has 0 atom stereocenters. The molecule has 12 heavy (non-hydrogen) atoms. The molecule has 2 nitrogen and oxygen atoms in total. The van der Waals surface area contributed by atoms with E-state index in [-0.39, 0.29) is 5.75 Å². The molecule has 0 aromatic carbocycles. The Kier molecular flexibility index (Phi) is 2.21. The van der Waals surface area contributed by atoms with Crippen LogP contribution < -0.4 is 4.74 Å². The molecule has 0 aliphatic heterocycles. The van der Waals surface area contributed by atoms with Crippen LogP contribution in [0, 0.1) is 13.1 Å². The van der Waals surface area contributed by atoms with Gasteiger partial charge in [0.2, 0.25) is 0 Å². The Bertz CT molecular complexity index is 272. The van der Waals surface area contributed by atoms with Gasteiger partial charge in [-0.05, 0) is 18.6 Å². The Morgan fingerprint density at radius 1 is 1.50 bits per heavy atom. The molecule has 1 radical (unpaired) electrons. The van der Waals surface area contributed by atoms with Crippen molar-refractivity contribution in [3.8, 4) is 5.75 Å². The van der Waals surface area contributed by atoms with E-state index in [4.69, 9.17) is 0 Å². The second kappa shape index (κ2) is 3.00. The first kappa shape index (κ1) is 8.83. The molecule has 0 aliphatic carbocycles. The number of ether oxygens (including phenoxy) is 1. The number of aromatic nitrogens is 1. The largest absolute Gasteiger partial charge is 0.573 e. The minimum absolute atomic E-state index is 0.349. The molecule has 0 amide bonds. The number of alkyl halides is 3. The summed E-state index contributed by atoms with van der Waals surface area (Å²) in [5.74, 6) is -0.384. The van der Waals surface area contributed by atoms with Crippen LogP contribution >= 0.6 is 0 Å². The summed E-state index contributed by atoms with van der Waals surface area (Å²) in [5, 5.41) is 0. The minimum atomic E-state index is -4.68. The van der Waals surface area contributed by atoms with Gasteiger partial charge in [0.05, 0.1) is 0 Å². The Labute approximate surface area is 67.0 Å². The standard InChI is InChI=1S/C7H5F3NO/c1-5-2-3-11-4-6(5)12-7(8,9)10/h2-3H,1H3. The van der Waals surface area contributed by atoms with Crippen LogP contribution in [0.15, 0.2) is 12.3 Å². The van der Waals surface area contributed by atoms with Gasteiger partial charge in [0.15, 0.2) is 5.75 Å². The molecule has 5 heteroatoms. The van der Waals surface area contributed by atoms with Crippen LogP contribution in [0.4, 0.5) is 13.2 Å². The van der Waals surface area contributed by atoms with Crippen LogP contribution in [0.1, 0.15) is 5.56 Å².